The zero-order valence-corrected chi connectivity index (χ0v) is 12.3. The highest BCUT2D eigenvalue weighted by Crippen LogP contribution is 2.19. The third-order valence-electron chi connectivity index (χ3n) is 3.70. The lowest BCUT2D eigenvalue weighted by atomic mass is 10.1. The lowest BCUT2D eigenvalue weighted by molar-refractivity contribution is 0.413. The molecule has 4 nitrogen and oxygen atoms in total. The third-order valence-corrected chi connectivity index (χ3v) is 3.70. The fraction of sp³-hybridized carbons (Fsp3) is 0.235. The van der Waals surface area contributed by atoms with Gasteiger partial charge in [-0.1, -0.05) is 18.2 Å². The fourth-order valence-corrected chi connectivity index (χ4v) is 2.42. The molecule has 0 spiro atoms. The summed E-state index contributed by atoms with van der Waals surface area (Å²) in [5.41, 5.74) is 3.55. The van der Waals surface area contributed by atoms with Crippen LogP contribution in [-0.4, -0.2) is 16.7 Å². The van der Waals surface area contributed by atoms with Gasteiger partial charge in [0.15, 0.2) is 0 Å². The van der Waals surface area contributed by atoms with E-state index in [-0.39, 0.29) is 6.04 Å². The molecule has 2 heterocycles. The third kappa shape index (κ3) is 2.90. The Morgan fingerprint density at radius 1 is 1.24 bits per heavy atom. The van der Waals surface area contributed by atoms with Crippen molar-refractivity contribution >= 4 is 5.52 Å². The van der Waals surface area contributed by atoms with Gasteiger partial charge in [-0.2, -0.15) is 5.10 Å². The van der Waals surface area contributed by atoms with E-state index in [0.29, 0.717) is 0 Å². The van der Waals surface area contributed by atoms with Gasteiger partial charge in [0.05, 0.1) is 18.8 Å². The molecule has 1 atom stereocenters. The van der Waals surface area contributed by atoms with Gasteiger partial charge in [-0.25, -0.2) is 4.52 Å². The molecule has 0 aliphatic rings. The molecule has 0 aliphatic carbocycles. The van der Waals surface area contributed by atoms with Crippen LogP contribution in [0.15, 0.2) is 54.9 Å². The minimum absolute atomic E-state index is 0.249. The number of pyridine rings is 1. The van der Waals surface area contributed by atoms with Gasteiger partial charge in [-0.15, -0.1) is 0 Å². The van der Waals surface area contributed by atoms with Crippen molar-refractivity contribution in [3.63, 3.8) is 0 Å². The number of rotatable bonds is 5. The number of nitrogens with one attached hydrogen (secondary N) is 1. The van der Waals surface area contributed by atoms with E-state index in [1.54, 1.807) is 7.11 Å². The van der Waals surface area contributed by atoms with Gasteiger partial charge in [0.25, 0.3) is 0 Å². The summed E-state index contributed by atoms with van der Waals surface area (Å²) >= 11 is 0. The molecule has 1 N–H and O–H groups in total. The number of fused-ring (bicyclic) bond motifs is 1. The molecule has 0 aliphatic heterocycles. The summed E-state index contributed by atoms with van der Waals surface area (Å²) in [6, 6.07) is 14.5. The largest absolute Gasteiger partial charge is 0.497 e. The Morgan fingerprint density at radius 3 is 3.00 bits per heavy atom. The first-order valence-corrected chi connectivity index (χ1v) is 7.06. The molecule has 4 heteroatoms. The molecule has 0 saturated heterocycles. The minimum Gasteiger partial charge on any atom is -0.497 e. The summed E-state index contributed by atoms with van der Waals surface area (Å²) in [5, 5.41) is 7.89. The van der Waals surface area contributed by atoms with Gasteiger partial charge < -0.3 is 10.1 Å². The summed E-state index contributed by atoms with van der Waals surface area (Å²) in [7, 11) is 1.69. The van der Waals surface area contributed by atoms with Crippen LogP contribution in [0.3, 0.4) is 0 Å². The summed E-state index contributed by atoms with van der Waals surface area (Å²) in [6.07, 6.45) is 3.88. The van der Waals surface area contributed by atoms with Gasteiger partial charge in [0, 0.05) is 24.3 Å². The number of hydrogen-bond donors (Lipinski definition) is 1. The first kappa shape index (κ1) is 13.6. The normalized spacial score (nSPS) is 12.5. The Balaban J connectivity index is 1.72. The predicted molar refractivity (Wildman–Crippen MR) is 83.4 cm³/mol. The number of methoxy groups -OCH3 is 1. The van der Waals surface area contributed by atoms with E-state index in [2.05, 4.69) is 35.5 Å². The lowest BCUT2D eigenvalue weighted by Crippen LogP contribution is -2.18. The maximum absolute atomic E-state index is 5.27. The summed E-state index contributed by atoms with van der Waals surface area (Å²) < 4.78 is 7.17. The maximum atomic E-state index is 5.27. The Labute approximate surface area is 124 Å². The number of nitrogens with zero attached hydrogens (tertiary/aromatic N) is 2. The molecule has 21 heavy (non-hydrogen) atoms. The van der Waals surface area contributed by atoms with Gasteiger partial charge in [-0.05, 0) is 36.8 Å². The Bertz CT molecular complexity index is 735. The van der Waals surface area contributed by atoms with Crippen LogP contribution < -0.4 is 10.1 Å². The second-order valence-corrected chi connectivity index (χ2v) is 5.08. The molecule has 3 rings (SSSR count). The highest BCUT2D eigenvalue weighted by atomic mass is 16.5. The molecule has 0 bridgehead atoms. The van der Waals surface area contributed by atoms with Crippen molar-refractivity contribution < 1.29 is 4.74 Å². The Kier molecular flexibility index (Phi) is 3.88. The molecule has 2 aromatic heterocycles. The maximum Gasteiger partial charge on any atom is 0.119 e. The topological polar surface area (TPSA) is 38.6 Å². The number of ether oxygens (including phenoxy) is 1. The average Bonchev–Trinajstić information content (AvgIpc) is 2.96. The molecule has 0 saturated carbocycles. The SMILES string of the molecule is COc1cccc(C(C)NCc2cnn3ccccc23)c1. The molecule has 1 aromatic carbocycles. The van der Waals surface area contributed by atoms with Crippen molar-refractivity contribution in [2.24, 2.45) is 0 Å². The van der Waals surface area contributed by atoms with Crippen LogP contribution in [0.5, 0.6) is 5.75 Å². The van der Waals surface area contributed by atoms with Crippen LogP contribution in [0.4, 0.5) is 0 Å². The van der Waals surface area contributed by atoms with Gasteiger partial charge in [-0.3, -0.25) is 0 Å². The van der Waals surface area contributed by atoms with Crippen molar-refractivity contribution in [1.29, 1.82) is 0 Å². The van der Waals surface area contributed by atoms with Crippen LogP contribution in [0, 0.1) is 0 Å². The highest BCUT2D eigenvalue weighted by Gasteiger charge is 2.08. The minimum atomic E-state index is 0.249. The quantitative estimate of drug-likeness (QED) is 0.780. The molecular formula is C17H19N3O. The lowest BCUT2D eigenvalue weighted by Gasteiger charge is -2.14. The highest BCUT2D eigenvalue weighted by molar-refractivity contribution is 5.53. The zero-order valence-electron chi connectivity index (χ0n) is 12.3. The molecule has 108 valence electrons. The van der Waals surface area contributed by atoms with Crippen molar-refractivity contribution in [2.75, 3.05) is 7.11 Å². The Morgan fingerprint density at radius 2 is 2.14 bits per heavy atom. The molecule has 0 fully saturated rings. The van der Waals surface area contributed by atoms with E-state index < -0.39 is 0 Å². The number of benzene rings is 1. The molecule has 3 aromatic rings. The standard InChI is InChI=1S/C17H19N3O/c1-13(14-6-5-7-16(10-14)21-2)18-11-15-12-19-20-9-4-3-8-17(15)20/h3-10,12-13,18H,11H2,1-2H3. The van der Waals surface area contributed by atoms with E-state index >= 15 is 0 Å². The van der Waals surface area contributed by atoms with E-state index in [4.69, 9.17) is 4.74 Å². The number of hydrogen-bond acceptors (Lipinski definition) is 3. The van der Waals surface area contributed by atoms with Crippen molar-refractivity contribution in [3.05, 3.63) is 66.0 Å². The van der Waals surface area contributed by atoms with Crippen molar-refractivity contribution in [1.82, 2.24) is 14.9 Å². The summed E-state index contributed by atoms with van der Waals surface area (Å²) in [6.45, 7) is 2.94. The predicted octanol–water partition coefficient (Wildman–Crippen LogP) is 3.19. The number of aromatic nitrogens is 2. The monoisotopic (exact) mass is 281 g/mol. The summed E-state index contributed by atoms with van der Waals surface area (Å²) in [4.78, 5) is 0. The molecule has 0 radical (unpaired) electrons. The van der Waals surface area contributed by atoms with Crippen LogP contribution in [-0.2, 0) is 6.54 Å². The van der Waals surface area contributed by atoms with Crippen LogP contribution in [0.2, 0.25) is 0 Å². The van der Waals surface area contributed by atoms with Gasteiger partial charge >= 0.3 is 0 Å². The molecule has 1 unspecified atom stereocenters. The van der Waals surface area contributed by atoms with Gasteiger partial charge in [0.1, 0.15) is 5.75 Å². The van der Waals surface area contributed by atoms with E-state index in [1.807, 2.05) is 41.2 Å². The average molecular weight is 281 g/mol. The molecular weight excluding hydrogens is 262 g/mol. The second-order valence-electron chi connectivity index (χ2n) is 5.08. The second kappa shape index (κ2) is 5.97. The zero-order chi connectivity index (χ0) is 14.7. The van der Waals surface area contributed by atoms with Crippen LogP contribution in [0.25, 0.3) is 5.52 Å². The summed E-state index contributed by atoms with van der Waals surface area (Å²) in [5.74, 6) is 0.886. The molecule has 0 amide bonds. The fourth-order valence-electron chi connectivity index (χ4n) is 2.42. The van der Waals surface area contributed by atoms with Crippen LogP contribution >= 0.6 is 0 Å². The van der Waals surface area contributed by atoms with E-state index in [9.17, 15) is 0 Å². The van der Waals surface area contributed by atoms with Gasteiger partial charge in [0.2, 0.25) is 0 Å². The van der Waals surface area contributed by atoms with E-state index in [0.717, 1.165) is 17.8 Å². The smallest absolute Gasteiger partial charge is 0.119 e. The first-order chi connectivity index (χ1) is 10.3. The van der Waals surface area contributed by atoms with E-state index in [1.165, 1.54) is 11.1 Å². The van der Waals surface area contributed by atoms with Crippen LogP contribution in [0.1, 0.15) is 24.1 Å². The van der Waals surface area contributed by atoms with Crippen molar-refractivity contribution in [2.45, 2.75) is 19.5 Å². The Hall–Kier alpha value is -2.33. The first-order valence-electron chi connectivity index (χ1n) is 7.06. The van der Waals surface area contributed by atoms with Crippen molar-refractivity contribution in [3.8, 4) is 5.75 Å².